The number of halogens is 1. The van der Waals surface area contributed by atoms with Crippen LogP contribution in [-0.4, -0.2) is 18.7 Å². The van der Waals surface area contributed by atoms with Gasteiger partial charge in [0.2, 0.25) is 0 Å². The van der Waals surface area contributed by atoms with Crippen LogP contribution in [0.3, 0.4) is 0 Å². The number of ether oxygens (including phenoxy) is 2. The van der Waals surface area contributed by atoms with Crippen LogP contribution in [0.15, 0.2) is 77.4 Å². The maximum absolute atomic E-state index is 13.0. The number of carbonyl (C=O) groups excluding carboxylic acids is 1. The van der Waals surface area contributed by atoms with E-state index in [-0.39, 0.29) is 5.91 Å². The van der Waals surface area contributed by atoms with Crippen molar-refractivity contribution in [3.63, 3.8) is 0 Å². The zero-order valence-electron chi connectivity index (χ0n) is 18.1. The Morgan fingerprint density at radius 1 is 1.03 bits per heavy atom. The Hall–Kier alpha value is -3.57. The summed E-state index contributed by atoms with van der Waals surface area (Å²) in [6.07, 6.45) is 1.77. The fourth-order valence-electron chi connectivity index (χ4n) is 3.52. The molecule has 5 nitrogen and oxygen atoms in total. The van der Waals surface area contributed by atoms with Gasteiger partial charge in [0, 0.05) is 0 Å². The summed E-state index contributed by atoms with van der Waals surface area (Å²) in [5.74, 6) is 0.771. The van der Waals surface area contributed by atoms with Crippen molar-refractivity contribution in [1.29, 1.82) is 0 Å². The van der Waals surface area contributed by atoms with E-state index in [1.165, 1.54) is 5.01 Å². The van der Waals surface area contributed by atoms with Crippen molar-refractivity contribution in [3.05, 3.63) is 94.0 Å². The Kier molecular flexibility index (Phi) is 6.28. The van der Waals surface area contributed by atoms with E-state index in [0.29, 0.717) is 34.4 Å². The highest BCUT2D eigenvalue weighted by Gasteiger charge is 2.28. The van der Waals surface area contributed by atoms with Crippen molar-refractivity contribution in [2.45, 2.75) is 20.5 Å². The van der Waals surface area contributed by atoms with Crippen molar-refractivity contribution in [2.24, 2.45) is 5.10 Å². The second-order valence-corrected chi connectivity index (χ2v) is 7.91. The molecule has 1 aliphatic heterocycles. The van der Waals surface area contributed by atoms with Crippen LogP contribution in [0.5, 0.6) is 11.5 Å². The molecule has 32 heavy (non-hydrogen) atoms. The number of anilines is 1. The topological polar surface area (TPSA) is 51.1 Å². The third-order valence-corrected chi connectivity index (χ3v) is 5.37. The van der Waals surface area contributed by atoms with Gasteiger partial charge < -0.3 is 9.47 Å². The highest BCUT2D eigenvalue weighted by Crippen LogP contribution is 2.38. The summed E-state index contributed by atoms with van der Waals surface area (Å²) in [7, 11) is 1.56. The first-order chi connectivity index (χ1) is 15.5. The van der Waals surface area contributed by atoms with Crippen molar-refractivity contribution in [2.75, 3.05) is 12.1 Å². The summed E-state index contributed by atoms with van der Waals surface area (Å²) in [6.45, 7) is 4.22. The molecule has 0 radical (unpaired) electrons. The average molecular weight is 447 g/mol. The molecule has 1 heterocycles. The van der Waals surface area contributed by atoms with E-state index >= 15 is 0 Å². The molecule has 0 bridgehead atoms. The summed E-state index contributed by atoms with van der Waals surface area (Å²) in [4.78, 5) is 13.0. The summed E-state index contributed by atoms with van der Waals surface area (Å²) in [6, 6.07) is 21.0. The molecule has 0 N–H and O–H groups in total. The zero-order chi connectivity index (χ0) is 22.7. The minimum Gasteiger partial charge on any atom is -0.493 e. The molecule has 0 aliphatic carbocycles. The highest BCUT2D eigenvalue weighted by atomic mass is 35.5. The van der Waals surface area contributed by atoms with Gasteiger partial charge in [0.25, 0.3) is 5.91 Å². The van der Waals surface area contributed by atoms with Crippen LogP contribution in [-0.2, 0) is 11.4 Å². The molecular weight excluding hydrogens is 424 g/mol. The number of rotatable bonds is 6. The molecule has 6 heteroatoms. The molecule has 0 atom stereocenters. The minimum absolute atomic E-state index is 0.191. The quantitative estimate of drug-likeness (QED) is 0.433. The first kappa shape index (κ1) is 21.7. The van der Waals surface area contributed by atoms with E-state index in [1.54, 1.807) is 25.3 Å². The van der Waals surface area contributed by atoms with Gasteiger partial charge in [0.05, 0.1) is 29.1 Å². The lowest BCUT2D eigenvalue weighted by Crippen LogP contribution is -2.21. The first-order valence-corrected chi connectivity index (χ1v) is 10.6. The Morgan fingerprint density at radius 2 is 1.81 bits per heavy atom. The van der Waals surface area contributed by atoms with Crippen molar-refractivity contribution < 1.29 is 14.3 Å². The first-order valence-electron chi connectivity index (χ1n) is 10.2. The van der Waals surface area contributed by atoms with Crippen molar-refractivity contribution in [1.82, 2.24) is 0 Å². The van der Waals surface area contributed by atoms with Gasteiger partial charge in [0.1, 0.15) is 6.61 Å². The number of amides is 1. The third-order valence-electron chi connectivity index (χ3n) is 5.09. The lowest BCUT2D eigenvalue weighted by Gasteiger charge is -2.14. The molecule has 3 aromatic carbocycles. The van der Waals surface area contributed by atoms with E-state index in [0.717, 1.165) is 22.4 Å². The Bertz CT molecular complexity index is 1220. The molecule has 0 spiro atoms. The van der Waals surface area contributed by atoms with E-state index < -0.39 is 0 Å². The molecule has 0 saturated carbocycles. The molecule has 4 rings (SSSR count). The number of hydrogen-bond acceptors (Lipinski definition) is 4. The molecule has 1 aliphatic rings. The number of carbonyl (C=O) groups is 1. The van der Waals surface area contributed by atoms with Crippen LogP contribution in [0, 0.1) is 6.92 Å². The highest BCUT2D eigenvalue weighted by molar-refractivity contribution is 6.33. The van der Waals surface area contributed by atoms with E-state index in [9.17, 15) is 4.79 Å². The van der Waals surface area contributed by atoms with Crippen LogP contribution >= 0.6 is 11.6 Å². The van der Waals surface area contributed by atoms with Crippen LogP contribution in [0.25, 0.3) is 6.08 Å². The summed E-state index contributed by atoms with van der Waals surface area (Å²) in [5.41, 5.74) is 4.78. The van der Waals surface area contributed by atoms with Crippen molar-refractivity contribution >= 4 is 35.0 Å². The molecule has 0 aromatic heterocycles. The predicted molar refractivity (Wildman–Crippen MR) is 129 cm³/mol. The number of aryl methyl sites for hydroxylation is 1. The standard InChI is InChI=1S/C26H23ClN2O3/c1-17-8-7-9-19(12-17)16-32-25-23(27)14-20(15-24(25)31-3)13-22-18(2)28-29(26(22)30)21-10-5-4-6-11-21/h4-15H,16H2,1-3H3/b22-13+. The molecule has 3 aromatic rings. The van der Waals surface area contributed by atoms with Crippen LogP contribution < -0.4 is 14.5 Å². The Morgan fingerprint density at radius 3 is 2.53 bits per heavy atom. The molecular formula is C26H23ClN2O3. The van der Waals surface area contributed by atoms with Crippen LogP contribution in [0.4, 0.5) is 5.69 Å². The monoisotopic (exact) mass is 446 g/mol. The van der Waals surface area contributed by atoms with Gasteiger partial charge in [-0.25, -0.2) is 0 Å². The van der Waals surface area contributed by atoms with Gasteiger partial charge in [-0.15, -0.1) is 0 Å². The number of methoxy groups -OCH3 is 1. The van der Waals surface area contributed by atoms with E-state index in [1.807, 2.05) is 62.4 Å². The van der Waals surface area contributed by atoms with Gasteiger partial charge in [0.15, 0.2) is 11.5 Å². The molecule has 1 amide bonds. The van der Waals surface area contributed by atoms with E-state index in [2.05, 4.69) is 11.2 Å². The fourth-order valence-corrected chi connectivity index (χ4v) is 3.79. The Labute approximate surface area is 192 Å². The fraction of sp³-hybridized carbons (Fsp3) is 0.154. The number of benzene rings is 3. The zero-order valence-corrected chi connectivity index (χ0v) is 18.9. The van der Waals surface area contributed by atoms with Crippen molar-refractivity contribution in [3.8, 4) is 11.5 Å². The SMILES string of the molecule is COc1cc(/C=C2/C(=O)N(c3ccccc3)N=C2C)cc(Cl)c1OCc1cccc(C)c1. The minimum atomic E-state index is -0.191. The second-order valence-electron chi connectivity index (χ2n) is 7.51. The average Bonchev–Trinajstić information content (AvgIpc) is 3.07. The lowest BCUT2D eigenvalue weighted by atomic mass is 10.1. The van der Waals surface area contributed by atoms with Gasteiger partial charge in [-0.3, -0.25) is 4.79 Å². The number of para-hydroxylation sites is 1. The molecule has 0 unspecified atom stereocenters. The van der Waals surface area contributed by atoms with Gasteiger partial charge in [-0.05, 0) is 55.3 Å². The molecule has 162 valence electrons. The number of nitrogens with zero attached hydrogens (tertiary/aromatic N) is 2. The van der Waals surface area contributed by atoms with Gasteiger partial charge >= 0.3 is 0 Å². The lowest BCUT2D eigenvalue weighted by molar-refractivity contribution is -0.114. The maximum atomic E-state index is 13.0. The maximum Gasteiger partial charge on any atom is 0.280 e. The second kappa shape index (κ2) is 9.28. The summed E-state index contributed by atoms with van der Waals surface area (Å²) < 4.78 is 11.5. The van der Waals surface area contributed by atoms with Crippen LogP contribution in [0.1, 0.15) is 23.6 Å². The summed E-state index contributed by atoms with van der Waals surface area (Å²) in [5, 5.41) is 6.22. The predicted octanol–water partition coefficient (Wildman–Crippen LogP) is 6.04. The summed E-state index contributed by atoms with van der Waals surface area (Å²) >= 11 is 6.53. The van der Waals surface area contributed by atoms with Crippen LogP contribution in [0.2, 0.25) is 5.02 Å². The molecule has 0 fully saturated rings. The smallest absolute Gasteiger partial charge is 0.280 e. The van der Waals surface area contributed by atoms with E-state index in [4.69, 9.17) is 21.1 Å². The van der Waals surface area contributed by atoms with Gasteiger partial charge in [-0.2, -0.15) is 10.1 Å². The number of hydrogen-bond donors (Lipinski definition) is 0. The van der Waals surface area contributed by atoms with Gasteiger partial charge in [-0.1, -0.05) is 59.6 Å². The Balaban J connectivity index is 1.59. The third kappa shape index (κ3) is 4.53. The number of hydrazone groups is 1. The normalized spacial score (nSPS) is 14.6. The largest absolute Gasteiger partial charge is 0.493 e. The molecule has 0 saturated heterocycles.